The van der Waals surface area contributed by atoms with Crippen LogP contribution in [0.3, 0.4) is 0 Å². The van der Waals surface area contributed by atoms with E-state index in [9.17, 15) is 31.9 Å². The number of ether oxygens (including phenoxy) is 1. The van der Waals surface area contributed by atoms with Gasteiger partial charge in [-0.2, -0.15) is 0 Å². The Labute approximate surface area is 253 Å². The monoisotopic (exact) mass is 625 g/mol. The molecule has 3 atom stereocenters. The highest BCUT2D eigenvalue weighted by atomic mass is 32.2. The second-order valence-corrected chi connectivity index (χ2v) is 13.0. The maximum atomic E-state index is 14.0. The van der Waals surface area contributed by atoms with Crippen LogP contribution in [0.1, 0.15) is 63.1 Å². The van der Waals surface area contributed by atoms with Crippen molar-refractivity contribution in [2.45, 2.75) is 89.3 Å². The molecule has 2 rings (SSSR count). The molecule has 2 amide bonds. The molecular formula is C31H45F2N3O6S. The van der Waals surface area contributed by atoms with Gasteiger partial charge in [-0.15, -0.1) is 0 Å². The number of aryl methyl sites for hydroxylation is 1. The number of halogens is 2. The second-order valence-electron chi connectivity index (χ2n) is 10.7. The summed E-state index contributed by atoms with van der Waals surface area (Å²) in [5.41, 5.74) is 2.31. The largest absolute Gasteiger partial charge is 0.453 e. The van der Waals surface area contributed by atoms with Crippen molar-refractivity contribution in [3.05, 3.63) is 70.8 Å². The quantitative estimate of drug-likeness (QED) is 0.198. The predicted molar refractivity (Wildman–Crippen MR) is 162 cm³/mol. The molecule has 0 spiro atoms. The molecular weight excluding hydrogens is 580 g/mol. The van der Waals surface area contributed by atoms with Crippen LogP contribution in [0.2, 0.25) is 0 Å². The zero-order valence-corrected chi connectivity index (χ0v) is 26.2. The molecule has 0 aliphatic heterocycles. The molecule has 0 aliphatic carbocycles. The van der Waals surface area contributed by atoms with Gasteiger partial charge in [0.05, 0.1) is 30.3 Å². The Balaban J connectivity index is 2.29. The van der Waals surface area contributed by atoms with Crippen LogP contribution in [0.5, 0.6) is 0 Å². The van der Waals surface area contributed by atoms with E-state index in [-0.39, 0.29) is 18.5 Å². The minimum Gasteiger partial charge on any atom is -0.453 e. The standard InChI is InChI=1S/C31H45F2N3O6S/c1-5-9-26(10-6-2)43(40,41)20-28(36-31(39)42-4)30(38)35-27(16-23-14-24(32)17-25(33)15-23)29(37)19-34-18-22-12-8-11-21(7-3)13-22/h8,11-15,17,26-29,34,37H,5-7,9-10,16,18-20H2,1-4H3,(H,35,38)(H,36,39)/t27-,28+,29+/m0/s1. The first-order valence-electron chi connectivity index (χ1n) is 14.7. The van der Waals surface area contributed by atoms with Crippen molar-refractivity contribution < 1.29 is 36.6 Å². The Morgan fingerprint density at radius 3 is 2.14 bits per heavy atom. The number of hydrogen-bond donors (Lipinski definition) is 4. The van der Waals surface area contributed by atoms with Crippen LogP contribution in [-0.4, -0.2) is 68.4 Å². The number of sulfone groups is 1. The number of benzene rings is 2. The van der Waals surface area contributed by atoms with Crippen LogP contribution >= 0.6 is 0 Å². The molecule has 12 heteroatoms. The summed E-state index contributed by atoms with van der Waals surface area (Å²) in [5.74, 6) is -3.20. The molecule has 0 fully saturated rings. The van der Waals surface area contributed by atoms with E-state index in [1.807, 2.05) is 45.0 Å². The van der Waals surface area contributed by atoms with E-state index in [1.54, 1.807) is 0 Å². The fourth-order valence-electron chi connectivity index (χ4n) is 4.92. The molecule has 240 valence electrons. The van der Waals surface area contributed by atoms with Gasteiger partial charge in [-0.1, -0.05) is 57.9 Å². The molecule has 0 heterocycles. The summed E-state index contributed by atoms with van der Waals surface area (Å²) in [4.78, 5) is 25.6. The van der Waals surface area contributed by atoms with Gasteiger partial charge in [-0.3, -0.25) is 4.79 Å². The lowest BCUT2D eigenvalue weighted by atomic mass is 10.00. The number of nitrogens with one attached hydrogen (secondary N) is 3. The number of carbonyl (C=O) groups excluding carboxylic acids is 2. The molecule has 2 aromatic rings. The second kappa shape index (κ2) is 17.9. The maximum Gasteiger partial charge on any atom is 0.407 e. The molecule has 4 N–H and O–H groups in total. The summed E-state index contributed by atoms with van der Waals surface area (Å²) in [7, 11) is -2.74. The number of methoxy groups -OCH3 is 1. The number of carbonyl (C=O) groups is 2. The third-order valence-electron chi connectivity index (χ3n) is 7.17. The van der Waals surface area contributed by atoms with Gasteiger partial charge < -0.3 is 25.8 Å². The minimum atomic E-state index is -3.83. The Morgan fingerprint density at radius 1 is 0.930 bits per heavy atom. The van der Waals surface area contributed by atoms with Gasteiger partial charge in [0.1, 0.15) is 17.7 Å². The number of amides is 2. The summed E-state index contributed by atoms with van der Waals surface area (Å²) in [5, 5.41) is 18.5. The first-order valence-corrected chi connectivity index (χ1v) is 16.4. The molecule has 0 saturated carbocycles. The van der Waals surface area contributed by atoms with Crippen molar-refractivity contribution in [1.29, 1.82) is 0 Å². The molecule has 0 aromatic heterocycles. The molecule has 0 saturated heterocycles. The lowest BCUT2D eigenvalue weighted by Gasteiger charge is -2.28. The van der Waals surface area contributed by atoms with Crippen molar-refractivity contribution in [3.63, 3.8) is 0 Å². The summed E-state index contributed by atoms with van der Waals surface area (Å²) in [6, 6.07) is 8.18. The zero-order chi connectivity index (χ0) is 32.0. The molecule has 0 radical (unpaired) electrons. The fourth-order valence-corrected chi connectivity index (χ4v) is 7.08. The van der Waals surface area contributed by atoms with E-state index < -0.39 is 62.7 Å². The van der Waals surface area contributed by atoms with Gasteiger partial charge in [0, 0.05) is 19.2 Å². The molecule has 9 nitrogen and oxygen atoms in total. The number of aliphatic hydroxyl groups is 1. The third-order valence-corrected chi connectivity index (χ3v) is 9.46. The average Bonchev–Trinajstić information content (AvgIpc) is 2.95. The van der Waals surface area contributed by atoms with Gasteiger partial charge in [0.15, 0.2) is 9.84 Å². The van der Waals surface area contributed by atoms with E-state index in [2.05, 4.69) is 20.7 Å². The Morgan fingerprint density at radius 2 is 1.56 bits per heavy atom. The normalized spacial score (nSPS) is 13.8. The number of hydrogen-bond acceptors (Lipinski definition) is 7. The highest BCUT2D eigenvalue weighted by Gasteiger charge is 2.34. The smallest absolute Gasteiger partial charge is 0.407 e. The van der Waals surface area contributed by atoms with Crippen LogP contribution in [-0.2, 0) is 38.8 Å². The van der Waals surface area contributed by atoms with E-state index >= 15 is 0 Å². The average molecular weight is 626 g/mol. The Bertz CT molecular complexity index is 1270. The molecule has 43 heavy (non-hydrogen) atoms. The highest BCUT2D eigenvalue weighted by Crippen LogP contribution is 2.18. The topological polar surface area (TPSA) is 134 Å². The number of aliphatic hydroxyl groups excluding tert-OH is 1. The summed E-state index contributed by atoms with van der Waals surface area (Å²) < 4.78 is 59.1. The lowest BCUT2D eigenvalue weighted by Crippen LogP contribution is -2.57. The van der Waals surface area contributed by atoms with Crippen LogP contribution in [0.15, 0.2) is 42.5 Å². The first-order chi connectivity index (χ1) is 20.4. The van der Waals surface area contributed by atoms with Crippen molar-refractivity contribution in [3.8, 4) is 0 Å². The van der Waals surface area contributed by atoms with Gasteiger partial charge in [0.25, 0.3) is 0 Å². The molecule has 0 aliphatic rings. The van der Waals surface area contributed by atoms with Crippen LogP contribution < -0.4 is 16.0 Å². The molecule has 0 bridgehead atoms. The third kappa shape index (κ3) is 12.2. The Kier molecular flexibility index (Phi) is 15.0. The van der Waals surface area contributed by atoms with Crippen LogP contribution in [0.25, 0.3) is 0 Å². The van der Waals surface area contributed by atoms with Gasteiger partial charge in [0.2, 0.25) is 5.91 Å². The Hall–Kier alpha value is -3.09. The van der Waals surface area contributed by atoms with Gasteiger partial charge >= 0.3 is 6.09 Å². The number of rotatable bonds is 18. The predicted octanol–water partition coefficient (Wildman–Crippen LogP) is 3.81. The zero-order valence-electron chi connectivity index (χ0n) is 25.4. The summed E-state index contributed by atoms with van der Waals surface area (Å²) in [6.07, 6.45) is 0.512. The van der Waals surface area contributed by atoms with Crippen molar-refractivity contribution in [2.24, 2.45) is 0 Å². The minimum absolute atomic E-state index is 0.00155. The number of alkyl carbamates (subject to hydrolysis) is 1. The van der Waals surface area contributed by atoms with E-state index in [0.29, 0.717) is 38.3 Å². The van der Waals surface area contributed by atoms with E-state index in [0.717, 1.165) is 36.8 Å². The summed E-state index contributed by atoms with van der Waals surface area (Å²) in [6.45, 7) is 6.19. The van der Waals surface area contributed by atoms with Gasteiger partial charge in [-0.05, 0) is 54.5 Å². The van der Waals surface area contributed by atoms with E-state index in [1.165, 1.54) is 0 Å². The van der Waals surface area contributed by atoms with Crippen molar-refractivity contribution in [2.75, 3.05) is 19.4 Å². The summed E-state index contributed by atoms with van der Waals surface area (Å²) >= 11 is 0. The maximum absolute atomic E-state index is 14.0. The first kappa shape index (κ1) is 36.1. The lowest BCUT2D eigenvalue weighted by molar-refractivity contribution is -0.124. The van der Waals surface area contributed by atoms with Gasteiger partial charge in [-0.25, -0.2) is 22.0 Å². The molecule has 0 unspecified atom stereocenters. The van der Waals surface area contributed by atoms with E-state index in [4.69, 9.17) is 0 Å². The van der Waals surface area contributed by atoms with Crippen molar-refractivity contribution in [1.82, 2.24) is 16.0 Å². The van der Waals surface area contributed by atoms with Crippen molar-refractivity contribution >= 4 is 21.8 Å². The fraction of sp³-hybridized carbons (Fsp3) is 0.548. The molecule has 2 aromatic carbocycles. The van der Waals surface area contributed by atoms with Crippen LogP contribution in [0.4, 0.5) is 13.6 Å². The highest BCUT2D eigenvalue weighted by molar-refractivity contribution is 7.92. The van der Waals surface area contributed by atoms with Crippen LogP contribution in [0, 0.1) is 11.6 Å². The SMILES string of the molecule is CCCC(CCC)S(=O)(=O)C[C@@H](NC(=O)OC)C(=O)N[C@@H](Cc1cc(F)cc(F)c1)[C@H](O)CNCc1cccc(CC)c1.